The van der Waals surface area contributed by atoms with E-state index < -0.39 is 10.2 Å². The molecule has 1 saturated heterocycles. The quantitative estimate of drug-likeness (QED) is 0.498. The minimum absolute atomic E-state index is 0.323. The molecule has 0 radical (unpaired) electrons. The summed E-state index contributed by atoms with van der Waals surface area (Å²) in [6, 6.07) is 7.85. The maximum Gasteiger partial charge on any atom is 0.277 e. The van der Waals surface area contributed by atoms with Crippen molar-refractivity contribution in [2.75, 3.05) is 26.2 Å². The predicted octanol–water partition coefficient (Wildman–Crippen LogP) is 0.135. The fourth-order valence-electron chi connectivity index (χ4n) is 2.79. The lowest BCUT2D eigenvalue weighted by atomic mass is 9.95. The number of benzene rings is 1. The van der Waals surface area contributed by atoms with Gasteiger partial charge in [-0.25, -0.2) is 4.72 Å². The van der Waals surface area contributed by atoms with Crippen LogP contribution in [0.3, 0.4) is 0 Å². The summed E-state index contributed by atoms with van der Waals surface area (Å²) in [4.78, 5) is 2.48. The van der Waals surface area contributed by atoms with E-state index in [1.807, 2.05) is 32.1 Å². The first-order chi connectivity index (χ1) is 11.1. The second-order valence-electron chi connectivity index (χ2n) is 6.31. The Morgan fingerprint density at radius 2 is 1.70 bits per heavy atom. The maximum absolute atomic E-state index is 11.9. The number of piperidine rings is 1. The minimum Gasteiger partial charge on any atom is -0.303 e. The molecule has 0 amide bonds. The lowest BCUT2D eigenvalue weighted by Crippen LogP contribution is -2.37. The van der Waals surface area contributed by atoms with Crippen LogP contribution in [0.15, 0.2) is 24.3 Å². The largest absolute Gasteiger partial charge is 0.303 e. The Balaban J connectivity index is 1.59. The van der Waals surface area contributed by atoms with Gasteiger partial charge in [-0.1, -0.05) is 36.1 Å². The summed E-state index contributed by atoms with van der Waals surface area (Å²) in [5.41, 5.74) is 2.13. The van der Waals surface area contributed by atoms with Crippen molar-refractivity contribution in [3.8, 4) is 0 Å². The van der Waals surface area contributed by atoms with Gasteiger partial charge in [0.15, 0.2) is 0 Å². The van der Waals surface area contributed by atoms with Gasteiger partial charge in [-0.2, -0.15) is 13.1 Å². The van der Waals surface area contributed by atoms with Gasteiger partial charge in [0.05, 0.1) is 0 Å². The molecule has 5 nitrogen and oxygen atoms in total. The number of hydrogen-bond acceptors (Lipinski definition) is 3. The summed E-state index contributed by atoms with van der Waals surface area (Å²) < 4.78 is 29.0. The van der Waals surface area contributed by atoms with Gasteiger partial charge in [-0.15, -0.1) is 0 Å². The molecule has 0 aromatic heterocycles. The van der Waals surface area contributed by atoms with Gasteiger partial charge in [0.2, 0.25) is 0 Å². The standard InChI is InChI=1S/C16H28BN3O2S/c17-16-8-6-15(7-9-16)14-19-23(21,22)18-10-2-5-13-20-11-3-1-4-12-20/h6-9,18-19H,1-5,10-14,17H2. The zero-order chi connectivity index (χ0) is 16.5. The number of nitrogens with zero attached hydrogens (tertiary/aromatic N) is 1. The summed E-state index contributed by atoms with van der Waals surface area (Å²) in [5, 5.41) is 0. The molecule has 2 rings (SSSR count). The number of likely N-dealkylation sites (tertiary alicyclic amines) is 1. The monoisotopic (exact) mass is 337 g/mol. The van der Waals surface area contributed by atoms with E-state index in [0.717, 1.165) is 24.9 Å². The van der Waals surface area contributed by atoms with Crippen LogP contribution in [0.5, 0.6) is 0 Å². The van der Waals surface area contributed by atoms with Crippen molar-refractivity contribution in [1.29, 1.82) is 0 Å². The molecule has 23 heavy (non-hydrogen) atoms. The van der Waals surface area contributed by atoms with Crippen molar-refractivity contribution in [1.82, 2.24) is 14.3 Å². The summed E-state index contributed by atoms with van der Waals surface area (Å²) >= 11 is 0. The molecule has 1 heterocycles. The Bertz CT molecular complexity index is 557. The molecule has 0 atom stereocenters. The summed E-state index contributed by atoms with van der Waals surface area (Å²) in [7, 11) is -1.40. The molecule has 0 aliphatic carbocycles. The Kier molecular flexibility index (Phi) is 7.56. The molecular weight excluding hydrogens is 309 g/mol. The molecule has 0 unspecified atom stereocenters. The van der Waals surface area contributed by atoms with Gasteiger partial charge in [0, 0.05) is 13.1 Å². The van der Waals surface area contributed by atoms with Crippen LogP contribution in [0.4, 0.5) is 0 Å². The van der Waals surface area contributed by atoms with E-state index in [-0.39, 0.29) is 0 Å². The Morgan fingerprint density at radius 1 is 1.00 bits per heavy atom. The van der Waals surface area contributed by atoms with Gasteiger partial charge in [0.25, 0.3) is 10.2 Å². The van der Waals surface area contributed by atoms with Crippen LogP contribution in [0, 0.1) is 0 Å². The lowest BCUT2D eigenvalue weighted by Gasteiger charge is -2.26. The highest BCUT2D eigenvalue weighted by Crippen LogP contribution is 2.09. The molecule has 0 bridgehead atoms. The first kappa shape index (κ1) is 18.5. The van der Waals surface area contributed by atoms with E-state index in [1.165, 1.54) is 37.8 Å². The van der Waals surface area contributed by atoms with Crippen LogP contribution in [-0.2, 0) is 16.8 Å². The van der Waals surface area contributed by atoms with E-state index in [2.05, 4.69) is 14.3 Å². The average molecular weight is 337 g/mol. The van der Waals surface area contributed by atoms with Crippen LogP contribution >= 0.6 is 0 Å². The van der Waals surface area contributed by atoms with Gasteiger partial charge >= 0.3 is 0 Å². The third kappa shape index (κ3) is 7.48. The van der Waals surface area contributed by atoms with Crippen LogP contribution in [0.2, 0.25) is 0 Å². The van der Waals surface area contributed by atoms with E-state index in [0.29, 0.717) is 13.1 Å². The van der Waals surface area contributed by atoms with E-state index in [1.54, 1.807) is 0 Å². The predicted molar refractivity (Wildman–Crippen MR) is 97.9 cm³/mol. The fraction of sp³-hybridized carbons (Fsp3) is 0.625. The third-order valence-corrected chi connectivity index (χ3v) is 5.34. The number of rotatable bonds is 9. The Morgan fingerprint density at radius 3 is 2.39 bits per heavy atom. The molecule has 1 aromatic carbocycles. The zero-order valence-corrected chi connectivity index (χ0v) is 14.9. The number of unbranched alkanes of at least 4 members (excludes halogenated alkanes) is 1. The number of nitrogens with one attached hydrogen (secondary N) is 2. The molecule has 1 aliphatic heterocycles. The van der Waals surface area contributed by atoms with E-state index >= 15 is 0 Å². The molecule has 0 spiro atoms. The Hall–Kier alpha value is -0.885. The minimum atomic E-state index is -3.41. The number of hydrogen-bond donors (Lipinski definition) is 2. The molecule has 1 aromatic rings. The molecular formula is C16H28BN3O2S. The zero-order valence-electron chi connectivity index (χ0n) is 14.1. The third-order valence-electron chi connectivity index (χ3n) is 4.23. The molecule has 2 N–H and O–H groups in total. The second-order valence-corrected chi connectivity index (χ2v) is 7.90. The van der Waals surface area contributed by atoms with Crippen LogP contribution in [0.25, 0.3) is 0 Å². The molecule has 1 fully saturated rings. The Labute approximate surface area is 141 Å². The first-order valence-electron chi connectivity index (χ1n) is 8.57. The molecule has 1 aliphatic rings. The maximum atomic E-state index is 11.9. The van der Waals surface area contributed by atoms with Crippen LogP contribution < -0.4 is 14.9 Å². The van der Waals surface area contributed by atoms with E-state index in [4.69, 9.17) is 0 Å². The highest BCUT2D eigenvalue weighted by atomic mass is 32.2. The smallest absolute Gasteiger partial charge is 0.277 e. The second kappa shape index (κ2) is 9.42. The SMILES string of the molecule is Bc1ccc(CNS(=O)(=O)NCCCCN2CCCCC2)cc1. The van der Waals surface area contributed by atoms with Gasteiger partial charge < -0.3 is 4.90 Å². The summed E-state index contributed by atoms with van der Waals surface area (Å²) in [5.74, 6) is 0. The molecule has 0 saturated carbocycles. The summed E-state index contributed by atoms with van der Waals surface area (Å²) in [6.07, 6.45) is 5.87. The van der Waals surface area contributed by atoms with Crippen molar-refractivity contribution < 1.29 is 8.42 Å². The molecule has 128 valence electrons. The van der Waals surface area contributed by atoms with Gasteiger partial charge in [0.1, 0.15) is 7.85 Å². The topological polar surface area (TPSA) is 61.4 Å². The fourth-order valence-corrected chi connectivity index (χ4v) is 3.66. The highest BCUT2D eigenvalue weighted by Gasteiger charge is 2.10. The van der Waals surface area contributed by atoms with Crippen molar-refractivity contribution in [3.63, 3.8) is 0 Å². The van der Waals surface area contributed by atoms with Gasteiger partial charge in [-0.05, 0) is 50.9 Å². The normalized spacial score (nSPS) is 16.5. The van der Waals surface area contributed by atoms with E-state index in [9.17, 15) is 8.42 Å². The molecule has 7 heteroatoms. The summed E-state index contributed by atoms with van der Waals surface area (Å²) in [6.45, 7) is 4.30. The van der Waals surface area contributed by atoms with Crippen molar-refractivity contribution in [2.24, 2.45) is 0 Å². The van der Waals surface area contributed by atoms with Crippen molar-refractivity contribution in [3.05, 3.63) is 29.8 Å². The van der Waals surface area contributed by atoms with Gasteiger partial charge in [-0.3, -0.25) is 0 Å². The highest BCUT2D eigenvalue weighted by molar-refractivity contribution is 7.87. The van der Waals surface area contributed by atoms with Crippen LogP contribution in [0.1, 0.15) is 37.7 Å². The lowest BCUT2D eigenvalue weighted by molar-refractivity contribution is 0.225. The van der Waals surface area contributed by atoms with Crippen molar-refractivity contribution >= 4 is 23.5 Å². The van der Waals surface area contributed by atoms with Crippen LogP contribution in [-0.4, -0.2) is 47.3 Å². The first-order valence-corrected chi connectivity index (χ1v) is 10.1. The van der Waals surface area contributed by atoms with Crippen molar-refractivity contribution in [2.45, 2.75) is 38.6 Å². The average Bonchev–Trinajstić information content (AvgIpc) is 2.55.